The number of rotatable bonds is 0. The Hall–Kier alpha value is -1.31. The molecule has 1 aliphatic carbocycles. The van der Waals surface area contributed by atoms with Crippen LogP contribution < -0.4 is 5.32 Å². The predicted molar refractivity (Wildman–Crippen MR) is 60.9 cm³/mol. The van der Waals surface area contributed by atoms with E-state index >= 15 is 0 Å². The molecule has 2 nitrogen and oxygen atoms in total. The summed E-state index contributed by atoms with van der Waals surface area (Å²) in [5.41, 5.74) is 3.30. The molecule has 1 N–H and O–H groups in total. The second-order valence-corrected chi connectivity index (χ2v) is 4.09. The van der Waals surface area contributed by atoms with Gasteiger partial charge in [-0.1, -0.05) is 31.5 Å². The molecule has 1 amide bonds. The molecule has 0 aromatic heterocycles. The molecule has 0 atom stereocenters. The van der Waals surface area contributed by atoms with Crippen molar-refractivity contribution >= 4 is 5.91 Å². The van der Waals surface area contributed by atoms with Crippen molar-refractivity contribution in [3.05, 3.63) is 34.9 Å². The van der Waals surface area contributed by atoms with Gasteiger partial charge in [0.05, 0.1) is 5.54 Å². The van der Waals surface area contributed by atoms with E-state index in [1.54, 1.807) is 0 Å². The zero-order chi connectivity index (χ0) is 11.1. The number of carbonyl (C=O) groups is 1. The lowest BCUT2D eigenvalue weighted by Gasteiger charge is -2.06. The second-order valence-electron chi connectivity index (χ2n) is 4.09. The number of nitrogens with one attached hydrogen (secondary N) is 1. The third-order valence-electron chi connectivity index (χ3n) is 3.04. The molecule has 0 bridgehead atoms. The number of amides is 1. The van der Waals surface area contributed by atoms with Gasteiger partial charge in [-0.15, -0.1) is 0 Å². The van der Waals surface area contributed by atoms with Gasteiger partial charge in [0.25, 0.3) is 5.91 Å². The van der Waals surface area contributed by atoms with Crippen molar-refractivity contribution in [3.8, 4) is 0 Å². The van der Waals surface area contributed by atoms with E-state index in [1.165, 1.54) is 5.56 Å². The van der Waals surface area contributed by atoms with Crippen molar-refractivity contribution in [2.45, 2.75) is 39.2 Å². The Morgan fingerprint density at radius 2 is 1.93 bits per heavy atom. The Morgan fingerprint density at radius 1 is 1.27 bits per heavy atom. The lowest BCUT2D eigenvalue weighted by atomic mass is 10.0. The maximum absolute atomic E-state index is 11.6. The summed E-state index contributed by atoms with van der Waals surface area (Å²) in [4.78, 5) is 11.6. The van der Waals surface area contributed by atoms with Crippen molar-refractivity contribution in [1.82, 2.24) is 5.32 Å². The van der Waals surface area contributed by atoms with Gasteiger partial charge in [0.2, 0.25) is 0 Å². The van der Waals surface area contributed by atoms with E-state index in [2.05, 4.69) is 17.4 Å². The van der Waals surface area contributed by atoms with E-state index in [0.717, 1.165) is 24.0 Å². The van der Waals surface area contributed by atoms with Crippen molar-refractivity contribution in [2.24, 2.45) is 0 Å². The van der Waals surface area contributed by atoms with E-state index in [-0.39, 0.29) is 11.4 Å². The third-order valence-corrected chi connectivity index (χ3v) is 3.04. The van der Waals surface area contributed by atoms with E-state index in [0.29, 0.717) is 0 Å². The molecule has 1 aromatic rings. The van der Waals surface area contributed by atoms with Crippen LogP contribution in [0.2, 0.25) is 0 Å². The smallest absolute Gasteiger partial charge is 0.252 e. The maximum Gasteiger partial charge on any atom is 0.252 e. The van der Waals surface area contributed by atoms with Crippen LogP contribution >= 0.6 is 0 Å². The quantitative estimate of drug-likeness (QED) is 0.690. The van der Waals surface area contributed by atoms with Gasteiger partial charge in [-0.05, 0) is 31.4 Å². The molecule has 80 valence electrons. The number of aryl methyl sites for hydroxylation is 1. The van der Waals surface area contributed by atoms with Crippen LogP contribution in [0.4, 0.5) is 0 Å². The van der Waals surface area contributed by atoms with E-state index in [4.69, 9.17) is 0 Å². The number of carbonyl (C=O) groups excluding carboxylic acids is 1. The van der Waals surface area contributed by atoms with Crippen molar-refractivity contribution in [3.63, 3.8) is 0 Å². The number of hydrogen-bond donors (Lipinski definition) is 1. The fourth-order valence-electron chi connectivity index (χ4n) is 2.13. The summed E-state index contributed by atoms with van der Waals surface area (Å²) in [6.45, 7) is 6.02. The fraction of sp³-hybridized carbons (Fsp3) is 0.462. The molecule has 1 aliphatic heterocycles. The maximum atomic E-state index is 11.6. The van der Waals surface area contributed by atoms with Crippen LogP contribution in [-0.2, 0) is 5.54 Å². The van der Waals surface area contributed by atoms with Crippen molar-refractivity contribution < 1.29 is 4.79 Å². The summed E-state index contributed by atoms with van der Waals surface area (Å²) in [6, 6.07) is 6.16. The molecule has 2 heteroatoms. The zero-order valence-corrected chi connectivity index (χ0v) is 9.55. The van der Waals surface area contributed by atoms with Crippen molar-refractivity contribution in [2.75, 3.05) is 0 Å². The Kier molecular flexibility index (Phi) is 2.29. The first kappa shape index (κ1) is 10.2. The van der Waals surface area contributed by atoms with Gasteiger partial charge >= 0.3 is 0 Å². The molecule has 1 saturated carbocycles. The highest BCUT2D eigenvalue weighted by atomic mass is 16.2. The lowest BCUT2D eigenvalue weighted by molar-refractivity contribution is 0.0952. The Morgan fingerprint density at radius 3 is 2.53 bits per heavy atom. The summed E-state index contributed by atoms with van der Waals surface area (Å²) >= 11 is 0. The first-order chi connectivity index (χ1) is 7.21. The molecule has 0 unspecified atom stereocenters. The van der Waals surface area contributed by atoms with E-state index in [9.17, 15) is 4.79 Å². The molecule has 3 rings (SSSR count). The van der Waals surface area contributed by atoms with E-state index in [1.807, 2.05) is 26.8 Å². The van der Waals surface area contributed by atoms with Crippen LogP contribution in [0.1, 0.15) is 48.2 Å². The van der Waals surface area contributed by atoms with Crippen molar-refractivity contribution in [1.29, 1.82) is 0 Å². The highest BCUT2D eigenvalue weighted by Crippen LogP contribution is 2.50. The lowest BCUT2D eigenvalue weighted by Crippen LogP contribution is -2.25. The monoisotopic (exact) mass is 203 g/mol. The predicted octanol–water partition coefficient (Wildman–Crippen LogP) is 2.75. The standard InChI is InChI=1S/C11H11NO.C2H6/c1-7-2-3-9-8(6-7)10(13)12-11(9)4-5-11;1-2/h2-3,6H,4-5H2,1H3,(H,12,13);1-2H3. The summed E-state index contributed by atoms with van der Waals surface area (Å²) in [5.74, 6) is 0.108. The van der Waals surface area contributed by atoms with Gasteiger partial charge in [-0.2, -0.15) is 0 Å². The molecule has 1 fully saturated rings. The Bertz CT molecular complexity index is 405. The molecular weight excluding hydrogens is 186 g/mol. The summed E-state index contributed by atoms with van der Waals surface area (Å²) in [6.07, 6.45) is 2.21. The Balaban J connectivity index is 0.000000404. The molecule has 2 aliphatic rings. The van der Waals surface area contributed by atoms with Crippen LogP contribution in [-0.4, -0.2) is 5.91 Å². The minimum Gasteiger partial charge on any atom is -0.342 e. The van der Waals surface area contributed by atoms with Crippen LogP contribution in [0.3, 0.4) is 0 Å². The molecule has 1 aromatic carbocycles. The largest absolute Gasteiger partial charge is 0.342 e. The van der Waals surface area contributed by atoms with Gasteiger partial charge in [-0.25, -0.2) is 0 Å². The van der Waals surface area contributed by atoms with Crippen LogP contribution in [0, 0.1) is 6.92 Å². The summed E-state index contributed by atoms with van der Waals surface area (Å²) in [7, 11) is 0. The van der Waals surface area contributed by atoms with Gasteiger partial charge in [-0.3, -0.25) is 4.79 Å². The minimum atomic E-state index is 0.0418. The number of hydrogen-bond acceptors (Lipinski definition) is 1. The molecule has 15 heavy (non-hydrogen) atoms. The van der Waals surface area contributed by atoms with Crippen LogP contribution in [0.15, 0.2) is 18.2 Å². The number of benzene rings is 1. The zero-order valence-electron chi connectivity index (χ0n) is 9.55. The summed E-state index contributed by atoms with van der Waals surface area (Å²) in [5, 5.41) is 3.06. The SMILES string of the molecule is CC.Cc1ccc2c(c1)C(=O)NC21CC1. The van der Waals surface area contributed by atoms with Gasteiger partial charge < -0.3 is 5.32 Å². The second kappa shape index (κ2) is 3.37. The average molecular weight is 203 g/mol. The highest BCUT2D eigenvalue weighted by molar-refractivity contribution is 6.00. The molecule has 0 saturated heterocycles. The van der Waals surface area contributed by atoms with Gasteiger partial charge in [0, 0.05) is 5.56 Å². The van der Waals surface area contributed by atoms with E-state index < -0.39 is 0 Å². The Labute approximate surface area is 90.7 Å². The fourth-order valence-corrected chi connectivity index (χ4v) is 2.13. The van der Waals surface area contributed by atoms with Gasteiger partial charge in [0.1, 0.15) is 0 Å². The average Bonchev–Trinajstić information content (AvgIpc) is 2.95. The molecule has 0 radical (unpaired) electrons. The van der Waals surface area contributed by atoms with Crippen LogP contribution in [0.5, 0.6) is 0 Å². The molecular formula is C13H17NO. The highest BCUT2D eigenvalue weighted by Gasteiger charge is 2.51. The number of fused-ring (bicyclic) bond motifs is 2. The first-order valence-electron chi connectivity index (χ1n) is 5.65. The summed E-state index contributed by atoms with van der Waals surface area (Å²) < 4.78 is 0. The first-order valence-corrected chi connectivity index (χ1v) is 5.65. The topological polar surface area (TPSA) is 29.1 Å². The molecule has 1 spiro atoms. The minimum absolute atomic E-state index is 0.0418. The van der Waals surface area contributed by atoms with Gasteiger partial charge in [0.15, 0.2) is 0 Å². The van der Waals surface area contributed by atoms with Crippen LogP contribution in [0.25, 0.3) is 0 Å². The normalized spacial score (nSPS) is 19.0. The third kappa shape index (κ3) is 1.44. The molecule has 1 heterocycles.